The first kappa shape index (κ1) is 17.4. The number of carbonyl (C=O) groups excluding carboxylic acids is 1. The van der Waals surface area contributed by atoms with Gasteiger partial charge in [-0.2, -0.15) is 0 Å². The number of aromatic carboxylic acids is 1. The Morgan fingerprint density at radius 1 is 1.38 bits per heavy atom. The fourth-order valence-corrected chi connectivity index (χ4v) is 3.01. The summed E-state index contributed by atoms with van der Waals surface area (Å²) in [7, 11) is 1.44. The van der Waals surface area contributed by atoms with Crippen LogP contribution < -0.4 is 19.5 Å². The van der Waals surface area contributed by atoms with E-state index >= 15 is 0 Å². The summed E-state index contributed by atoms with van der Waals surface area (Å²) in [5.74, 6) is -1.35. The van der Waals surface area contributed by atoms with Crippen molar-refractivity contribution in [1.29, 1.82) is 0 Å². The molecule has 0 heterocycles. The average molecular weight is 316 g/mol. The van der Waals surface area contributed by atoms with Crippen LogP contribution in [0.3, 0.4) is 0 Å². The molecule has 0 aliphatic carbocycles. The number of hydrogen-bond donors (Lipinski definition) is 2. The molecule has 118 valence electrons. The fourth-order valence-electron chi connectivity index (χ4n) is 1.74. The molecule has 21 heavy (non-hydrogen) atoms. The number of rotatable bonds is 8. The summed E-state index contributed by atoms with van der Waals surface area (Å²) in [6, 6.07) is 3.57. The molecular formula is C13H20N2O5S. The Hall–Kier alpha value is -1.64. The lowest BCUT2D eigenvalue weighted by Crippen LogP contribution is -3.05. The van der Waals surface area contributed by atoms with E-state index in [0.29, 0.717) is 6.42 Å². The monoisotopic (exact) mass is 316 g/mol. The Bertz CT molecular complexity index is 599. The molecule has 0 fully saturated rings. The van der Waals surface area contributed by atoms with Crippen LogP contribution in [0.4, 0.5) is 0 Å². The van der Waals surface area contributed by atoms with Crippen LogP contribution in [0.5, 0.6) is 5.75 Å². The zero-order valence-corrected chi connectivity index (χ0v) is 13.1. The number of quaternary nitrogens is 1. The molecule has 0 saturated heterocycles. The molecule has 2 N–H and O–H groups in total. The summed E-state index contributed by atoms with van der Waals surface area (Å²) in [6.07, 6.45) is 0.671. The van der Waals surface area contributed by atoms with Gasteiger partial charge < -0.3 is 19.5 Å². The van der Waals surface area contributed by atoms with E-state index in [1.807, 2.05) is 14.1 Å². The van der Waals surface area contributed by atoms with Crippen molar-refractivity contribution in [2.75, 3.05) is 34.3 Å². The largest absolute Gasteiger partial charge is 0.545 e. The van der Waals surface area contributed by atoms with Crippen molar-refractivity contribution in [2.45, 2.75) is 11.3 Å². The highest BCUT2D eigenvalue weighted by Gasteiger charge is 2.20. The van der Waals surface area contributed by atoms with E-state index in [0.717, 1.165) is 12.6 Å². The van der Waals surface area contributed by atoms with Gasteiger partial charge in [-0.25, -0.2) is 13.1 Å². The smallest absolute Gasteiger partial charge is 0.244 e. The van der Waals surface area contributed by atoms with E-state index in [2.05, 4.69) is 4.72 Å². The minimum Gasteiger partial charge on any atom is -0.545 e. The summed E-state index contributed by atoms with van der Waals surface area (Å²) < 4.78 is 31.9. The number of benzene rings is 1. The molecule has 0 amide bonds. The van der Waals surface area contributed by atoms with Crippen molar-refractivity contribution >= 4 is 16.0 Å². The maximum Gasteiger partial charge on any atom is 0.244 e. The second-order valence-corrected chi connectivity index (χ2v) is 6.60. The van der Waals surface area contributed by atoms with Crippen molar-refractivity contribution in [3.63, 3.8) is 0 Å². The second-order valence-electron chi connectivity index (χ2n) is 4.86. The summed E-state index contributed by atoms with van der Waals surface area (Å²) >= 11 is 0. The van der Waals surface area contributed by atoms with Crippen molar-refractivity contribution < 1.29 is 28.0 Å². The lowest BCUT2D eigenvalue weighted by molar-refractivity contribution is -0.858. The molecule has 0 saturated carbocycles. The van der Waals surface area contributed by atoms with Gasteiger partial charge >= 0.3 is 0 Å². The zero-order valence-electron chi connectivity index (χ0n) is 12.3. The van der Waals surface area contributed by atoms with E-state index in [1.165, 1.54) is 24.1 Å². The van der Waals surface area contributed by atoms with Crippen molar-refractivity contribution in [2.24, 2.45) is 0 Å². The third-order valence-electron chi connectivity index (χ3n) is 2.83. The number of nitrogens with one attached hydrogen (secondary N) is 2. The second kappa shape index (κ2) is 7.39. The van der Waals surface area contributed by atoms with Gasteiger partial charge in [0.1, 0.15) is 10.6 Å². The van der Waals surface area contributed by atoms with Crippen LogP contribution in [-0.2, 0) is 10.0 Å². The van der Waals surface area contributed by atoms with Crippen molar-refractivity contribution in [3.8, 4) is 5.75 Å². The molecule has 1 aromatic rings. The molecule has 0 aromatic heterocycles. The number of carbonyl (C=O) groups is 1. The Kier molecular flexibility index (Phi) is 6.13. The number of ether oxygens (including phenoxy) is 1. The van der Waals surface area contributed by atoms with E-state index in [9.17, 15) is 18.3 Å². The predicted molar refractivity (Wildman–Crippen MR) is 74.8 cm³/mol. The van der Waals surface area contributed by atoms with Crippen LogP contribution in [0.25, 0.3) is 0 Å². The quantitative estimate of drug-likeness (QED) is 0.534. The van der Waals surface area contributed by atoms with Crippen LogP contribution >= 0.6 is 0 Å². The molecule has 7 nitrogen and oxygen atoms in total. The number of sulfonamides is 1. The third kappa shape index (κ3) is 5.00. The molecule has 1 rings (SSSR count). The number of carboxylic acid groups (broad SMARTS) is 1. The normalized spacial score (nSPS) is 11.6. The van der Waals surface area contributed by atoms with Crippen LogP contribution in [0.2, 0.25) is 0 Å². The lowest BCUT2D eigenvalue weighted by atomic mass is 10.2. The molecule has 0 aliphatic heterocycles. The van der Waals surface area contributed by atoms with Gasteiger partial charge in [-0.05, 0) is 23.8 Å². The maximum absolute atomic E-state index is 12.2. The highest BCUT2D eigenvalue weighted by atomic mass is 32.2. The van der Waals surface area contributed by atoms with Gasteiger partial charge in [-0.15, -0.1) is 0 Å². The third-order valence-corrected chi connectivity index (χ3v) is 4.32. The van der Waals surface area contributed by atoms with E-state index < -0.39 is 16.0 Å². The Morgan fingerprint density at radius 2 is 2.05 bits per heavy atom. The molecular weight excluding hydrogens is 296 g/mol. The van der Waals surface area contributed by atoms with Gasteiger partial charge in [0.2, 0.25) is 10.0 Å². The van der Waals surface area contributed by atoms with Gasteiger partial charge in [0.15, 0.2) is 0 Å². The molecule has 0 radical (unpaired) electrons. The van der Waals surface area contributed by atoms with E-state index in [-0.39, 0.29) is 22.8 Å². The molecule has 1 aromatic carbocycles. The van der Waals surface area contributed by atoms with Gasteiger partial charge in [-0.1, -0.05) is 0 Å². The van der Waals surface area contributed by atoms with Gasteiger partial charge in [0.25, 0.3) is 0 Å². The standard InChI is InChI=1S/C13H20N2O5S/c1-15(2)8-4-7-14-21(18,19)12-9-10(13(16)17)5-6-11(12)20-3/h5-6,9,14H,4,7-8H2,1-3H3,(H,16,17). The van der Waals surface area contributed by atoms with Gasteiger partial charge in [0.05, 0.1) is 33.7 Å². The summed E-state index contributed by atoms with van der Waals surface area (Å²) in [5.41, 5.74) is -0.214. The minimum absolute atomic E-state index is 0.0886. The van der Waals surface area contributed by atoms with Gasteiger partial charge in [0, 0.05) is 13.0 Å². The summed E-state index contributed by atoms with van der Waals surface area (Å²) in [5, 5.41) is 10.8. The van der Waals surface area contributed by atoms with E-state index in [1.54, 1.807) is 0 Å². The van der Waals surface area contributed by atoms with Crippen molar-refractivity contribution in [1.82, 2.24) is 4.72 Å². The van der Waals surface area contributed by atoms with E-state index in [4.69, 9.17) is 4.74 Å². The van der Waals surface area contributed by atoms with Gasteiger partial charge in [-0.3, -0.25) is 0 Å². The number of hydrogen-bond acceptors (Lipinski definition) is 5. The topological polar surface area (TPSA) is 100.0 Å². The molecule has 0 atom stereocenters. The van der Waals surface area contributed by atoms with Crippen LogP contribution in [-0.4, -0.2) is 48.7 Å². The molecule has 8 heteroatoms. The Balaban J connectivity index is 2.95. The molecule has 0 spiro atoms. The SMILES string of the molecule is COc1ccc(C(=O)[O-])cc1S(=O)(=O)NCCC[NH+](C)C. The Labute approximate surface area is 124 Å². The molecule has 0 unspecified atom stereocenters. The highest BCUT2D eigenvalue weighted by Crippen LogP contribution is 2.24. The van der Waals surface area contributed by atoms with Crippen LogP contribution in [0, 0.1) is 0 Å². The summed E-state index contributed by atoms with van der Waals surface area (Å²) in [6.45, 7) is 1.09. The summed E-state index contributed by atoms with van der Waals surface area (Å²) in [4.78, 5) is 11.9. The van der Waals surface area contributed by atoms with Crippen molar-refractivity contribution in [3.05, 3.63) is 23.8 Å². The lowest BCUT2D eigenvalue weighted by Gasteiger charge is -2.13. The molecule has 0 bridgehead atoms. The molecule has 0 aliphatic rings. The van der Waals surface area contributed by atoms with Crippen LogP contribution in [0.15, 0.2) is 23.1 Å². The minimum atomic E-state index is -3.83. The predicted octanol–water partition coefficient (Wildman–Crippen LogP) is -2.13. The fraction of sp³-hybridized carbons (Fsp3) is 0.462. The Morgan fingerprint density at radius 3 is 2.57 bits per heavy atom. The first-order chi connectivity index (χ1) is 9.77. The number of methoxy groups -OCH3 is 1. The number of carboxylic acids is 1. The maximum atomic E-state index is 12.2. The first-order valence-electron chi connectivity index (χ1n) is 6.46. The first-order valence-corrected chi connectivity index (χ1v) is 7.94. The van der Waals surface area contributed by atoms with Crippen LogP contribution in [0.1, 0.15) is 16.8 Å². The highest BCUT2D eigenvalue weighted by molar-refractivity contribution is 7.89. The average Bonchev–Trinajstić information content (AvgIpc) is 2.42. The zero-order chi connectivity index (χ0) is 16.0.